The van der Waals surface area contributed by atoms with Crippen molar-refractivity contribution in [2.24, 2.45) is 5.92 Å². The molecule has 1 aromatic rings. The van der Waals surface area contributed by atoms with Crippen LogP contribution < -0.4 is 14.8 Å². The number of ether oxygens (including phenoxy) is 2. The summed E-state index contributed by atoms with van der Waals surface area (Å²) < 4.78 is 11.1. The van der Waals surface area contributed by atoms with E-state index in [1.807, 2.05) is 0 Å². The van der Waals surface area contributed by atoms with Crippen molar-refractivity contribution in [1.82, 2.24) is 5.32 Å². The third-order valence-electron chi connectivity index (χ3n) is 4.06. The smallest absolute Gasteiger partial charge is 0.231 e. The van der Waals surface area contributed by atoms with Crippen LogP contribution in [-0.4, -0.2) is 19.9 Å². The van der Waals surface area contributed by atoms with Crippen molar-refractivity contribution >= 4 is 0 Å². The fraction of sp³-hybridized carbons (Fsp3) is 0.600. The highest BCUT2D eigenvalue weighted by atomic mass is 16.7. The van der Waals surface area contributed by atoms with E-state index in [-0.39, 0.29) is 0 Å². The van der Waals surface area contributed by atoms with Crippen LogP contribution in [0.3, 0.4) is 0 Å². The molecule has 1 aromatic carbocycles. The lowest BCUT2D eigenvalue weighted by Gasteiger charge is -2.23. The molecule has 3 heteroatoms. The number of fused-ring (bicyclic) bond motifs is 1. The molecule has 2 aliphatic rings. The quantitative estimate of drug-likeness (QED) is 0.890. The summed E-state index contributed by atoms with van der Waals surface area (Å²) in [5, 5.41) is 3.43. The average Bonchev–Trinajstić information content (AvgIpc) is 2.88. The first-order chi connectivity index (χ1) is 8.88. The van der Waals surface area contributed by atoms with E-state index < -0.39 is 0 Å². The zero-order chi connectivity index (χ0) is 12.4. The molecule has 0 atom stereocenters. The van der Waals surface area contributed by atoms with Crippen molar-refractivity contribution in [3.8, 4) is 11.5 Å². The number of benzene rings is 1. The lowest BCUT2D eigenvalue weighted by molar-refractivity contribution is 0.173. The van der Waals surface area contributed by atoms with Gasteiger partial charge >= 0.3 is 0 Å². The van der Waals surface area contributed by atoms with Crippen LogP contribution in [-0.2, 0) is 12.8 Å². The standard InChI is InChI=1S/C15H21NO2/c1-2-13-12(9-11-5-7-16-8-6-11)3-4-14-15(13)18-10-17-14/h3-4,11,16H,2,5-10H2,1H3. The molecule has 0 aliphatic carbocycles. The Hall–Kier alpha value is -1.22. The van der Waals surface area contributed by atoms with Gasteiger partial charge < -0.3 is 14.8 Å². The van der Waals surface area contributed by atoms with Crippen LogP contribution in [0.15, 0.2) is 12.1 Å². The number of piperidine rings is 1. The van der Waals surface area contributed by atoms with Crippen LogP contribution in [0.5, 0.6) is 11.5 Å². The topological polar surface area (TPSA) is 30.5 Å². The van der Waals surface area contributed by atoms with Gasteiger partial charge in [0.1, 0.15) is 0 Å². The molecule has 0 saturated carbocycles. The molecule has 2 heterocycles. The molecule has 1 N–H and O–H groups in total. The van der Waals surface area contributed by atoms with Crippen LogP contribution in [0, 0.1) is 5.92 Å². The molecule has 18 heavy (non-hydrogen) atoms. The summed E-state index contributed by atoms with van der Waals surface area (Å²) in [4.78, 5) is 0. The number of rotatable bonds is 3. The first-order valence-electron chi connectivity index (χ1n) is 6.99. The fourth-order valence-electron chi connectivity index (χ4n) is 3.05. The van der Waals surface area contributed by atoms with Gasteiger partial charge in [-0.05, 0) is 56.3 Å². The van der Waals surface area contributed by atoms with Crippen LogP contribution in [0.25, 0.3) is 0 Å². The number of hydrogen-bond donors (Lipinski definition) is 1. The Balaban J connectivity index is 1.82. The van der Waals surface area contributed by atoms with Crippen molar-refractivity contribution in [2.45, 2.75) is 32.6 Å². The molecule has 0 aromatic heterocycles. The SMILES string of the molecule is CCc1c(CC2CCNCC2)ccc2c1OCO2. The Labute approximate surface area is 108 Å². The van der Waals surface area contributed by atoms with E-state index in [1.54, 1.807) is 0 Å². The second-order valence-electron chi connectivity index (χ2n) is 5.19. The summed E-state index contributed by atoms with van der Waals surface area (Å²) in [5.41, 5.74) is 2.80. The lowest BCUT2D eigenvalue weighted by atomic mass is 9.88. The minimum atomic E-state index is 0.374. The maximum Gasteiger partial charge on any atom is 0.231 e. The number of nitrogens with one attached hydrogen (secondary N) is 1. The largest absolute Gasteiger partial charge is 0.454 e. The van der Waals surface area contributed by atoms with E-state index in [4.69, 9.17) is 9.47 Å². The summed E-state index contributed by atoms with van der Waals surface area (Å²) in [6.45, 7) is 4.90. The van der Waals surface area contributed by atoms with Gasteiger partial charge in [0.15, 0.2) is 11.5 Å². The first-order valence-corrected chi connectivity index (χ1v) is 6.99. The molecule has 0 spiro atoms. The Bertz CT molecular complexity index is 425. The van der Waals surface area contributed by atoms with Crippen molar-refractivity contribution in [1.29, 1.82) is 0 Å². The van der Waals surface area contributed by atoms with Crippen molar-refractivity contribution in [2.75, 3.05) is 19.9 Å². The lowest BCUT2D eigenvalue weighted by Crippen LogP contribution is -2.28. The molecule has 0 amide bonds. The maximum atomic E-state index is 5.62. The molecule has 1 saturated heterocycles. The van der Waals surface area contributed by atoms with Gasteiger partial charge in [0.25, 0.3) is 0 Å². The van der Waals surface area contributed by atoms with Gasteiger partial charge in [-0.3, -0.25) is 0 Å². The predicted molar refractivity (Wildman–Crippen MR) is 71.2 cm³/mol. The van der Waals surface area contributed by atoms with E-state index in [1.165, 1.54) is 30.4 Å². The van der Waals surface area contributed by atoms with Crippen molar-refractivity contribution in [3.63, 3.8) is 0 Å². The van der Waals surface area contributed by atoms with Gasteiger partial charge in [0.2, 0.25) is 6.79 Å². The van der Waals surface area contributed by atoms with Gasteiger partial charge in [-0.1, -0.05) is 13.0 Å². The molecular formula is C15H21NO2. The minimum absolute atomic E-state index is 0.374. The van der Waals surface area contributed by atoms with E-state index >= 15 is 0 Å². The van der Waals surface area contributed by atoms with Crippen LogP contribution >= 0.6 is 0 Å². The summed E-state index contributed by atoms with van der Waals surface area (Å²) in [7, 11) is 0. The van der Waals surface area contributed by atoms with Crippen molar-refractivity contribution in [3.05, 3.63) is 23.3 Å². The van der Waals surface area contributed by atoms with Gasteiger partial charge in [-0.25, -0.2) is 0 Å². The Morgan fingerprint density at radius 2 is 2.06 bits per heavy atom. The third kappa shape index (κ3) is 2.19. The summed E-state index contributed by atoms with van der Waals surface area (Å²) in [6.07, 6.45) is 4.78. The molecule has 0 unspecified atom stereocenters. The Kier molecular flexibility index (Phi) is 3.41. The molecule has 2 aliphatic heterocycles. The van der Waals surface area contributed by atoms with Gasteiger partial charge in [0, 0.05) is 5.56 Å². The third-order valence-corrected chi connectivity index (χ3v) is 4.06. The van der Waals surface area contributed by atoms with Gasteiger partial charge in [0.05, 0.1) is 0 Å². The summed E-state index contributed by atoms with van der Waals surface area (Å²) >= 11 is 0. The maximum absolute atomic E-state index is 5.62. The zero-order valence-electron chi connectivity index (χ0n) is 11.0. The highest BCUT2D eigenvalue weighted by Crippen LogP contribution is 2.38. The molecule has 3 rings (SSSR count). The molecule has 3 nitrogen and oxygen atoms in total. The van der Waals surface area contributed by atoms with E-state index in [0.717, 1.165) is 36.9 Å². The summed E-state index contributed by atoms with van der Waals surface area (Å²) in [5.74, 6) is 2.72. The molecule has 1 fully saturated rings. The van der Waals surface area contributed by atoms with Gasteiger partial charge in [-0.15, -0.1) is 0 Å². The summed E-state index contributed by atoms with van der Waals surface area (Å²) in [6, 6.07) is 4.30. The van der Waals surface area contributed by atoms with Crippen molar-refractivity contribution < 1.29 is 9.47 Å². The molecular weight excluding hydrogens is 226 g/mol. The zero-order valence-corrected chi connectivity index (χ0v) is 11.0. The molecule has 0 bridgehead atoms. The van der Waals surface area contributed by atoms with Crippen LogP contribution in [0.1, 0.15) is 30.9 Å². The first kappa shape index (κ1) is 11.8. The van der Waals surface area contributed by atoms with Crippen LogP contribution in [0.2, 0.25) is 0 Å². The highest BCUT2D eigenvalue weighted by molar-refractivity contribution is 5.52. The number of hydrogen-bond acceptors (Lipinski definition) is 3. The second-order valence-corrected chi connectivity index (χ2v) is 5.19. The van der Waals surface area contributed by atoms with E-state index in [2.05, 4.69) is 24.4 Å². The highest BCUT2D eigenvalue weighted by Gasteiger charge is 2.22. The second kappa shape index (κ2) is 5.19. The van der Waals surface area contributed by atoms with Crippen LogP contribution in [0.4, 0.5) is 0 Å². The Morgan fingerprint density at radius 1 is 1.22 bits per heavy atom. The van der Waals surface area contributed by atoms with Gasteiger partial charge in [-0.2, -0.15) is 0 Å². The fourth-order valence-corrected chi connectivity index (χ4v) is 3.05. The monoisotopic (exact) mass is 247 g/mol. The van der Waals surface area contributed by atoms with E-state index in [0.29, 0.717) is 6.79 Å². The average molecular weight is 247 g/mol. The molecule has 0 radical (unpaired) electrons. The minimum Gasteiger partial charge on any atom is -0.454 e. The molecule has 98 valence electrons. The predicted octanol–water partition coefficient (Wildman–Crippen LogP) is 2.52. The van der Waals surface area contributed by atoms with E-state index in [9.17, 15) is 0 Å². The normalized spacial score (nSPS) is 19.2. The Morgan fingerprint density at radius 3 is 2.83 bits per heavy atom.